The van der Waals surface area contributed by atoms with E-state index in [-0.39, 0.29) is 6.04 Å². The molecule has 17 heavy (non-hydrogen) atoms. The van der Waals surface area contributed by atoms with Crippen LogP contribution in [-0.4, -0.2) is 13.1 Å². The Morgan fingerprint density at radius 3 is 2.65 bits per heavy atom. The number of hydrogen-bond donors (Lipinski definition) is 2. The zero-order chi connectivity index (χ0) is 12.1. The Bertz CT molecular complexity index is 330. The van der Waals surface area contributed by atoms with Crippen molar-refractivity contribution < 1.29 is 0 Å². The third-order valence-electron chi connectivity index (χ3n) is 3.75. The van der Waals surface area contributed by atoms with E-state index in [0.29, 0.717) is 5.41 Å². The second-order valence-electron chi connectivity index (χ2n) is 5.65. The van der Waals surface area contributed by atoms with Crippen molar-refractivity contribution in [3.63, 3.8) is 0 Å². The normalized spacial score (nSPS) is 18.9. The van der Waals surface area contributed by atoms with Gasteiger partial charge in [0.1, 0.15) is 0 Å². The standard InChI is InChI=1S/C15H24N2/c1-15(9-10-15)12-17-11-5-8-14(16)13-6-3-2-4-7-13/h2-4,6-7,14,17H,5,8-12,16H2,1H3. The summed E-state index contributed by atoms with van der Waals surface area (Å²) in [5.74, 6) is 0. The summed E-state index contributed by atoms with van der Waals surface area (Å²) < 4.78 is 0. The average Bonchev–Trinajstić information content (AvgIpc) is 3.08. The van der Waals surface area contributed by atoms with Crippen LogP contribution in [0, 0.1) is 5.41 Å². The first-order valence-corrected chi connectivity index (χ1v) is 6.71. The lowest BCUT2D eigenvalue weighted by atomic mass is 10.0. The fourth-order valence-corrected chi connectivity index (χ4v) is 2.09. The summed E-state index contributed by atoms with van der Waals surface area (Å²) in [4.78, 5) is 0. The molecule has 1 aliphatic rings. The van der Waals surface area contributed by atoms with Crippen LogP contribution in [0.2, 0.25) is 0 Å². The maximum atomic E-state index is 6.15. The van der Waals surface area contributed by atoms with Gasteiger partial charge in [-0.05, 0) is 43.2 Å². The van der Waals surface area contributed by atoms with Crippen LogP contribution in [0.1, 0.15) is 44.2 Å². The largest absolute Gasteiger partial charge is 0.324 e. The van der Waals surface area contributed by atoms with Crippen LogP contribution in [0.25, 0.3) is 0 Å². The fraction of sp³-hybridized carbons (Fsp3) is 0.600. The number of nitrogens with one attached hydrogen (secondary N) is 1. The Labute approximate surface area is 105 Å². The van der Waals surface area contributed by atoms with Gasteiger partial charge >= 0.3 is 0 Å². The Balaban J connectivity index is 1.58. The van der Waals surface area contributed by atoms with E-state index < -0.39 is 0 Å². The lowest BCUT2D eigenvalue weighted by Crippen LogP contribution is -2.24. The zero-order valence-electron chi connectivity index (χ0n) is 10.8. The highest BCUT2D eigenvalue weighted by atomic mass is 14.9. The summed E-state index contributed by atoms with van der Waals surface area (Å²) in [7, 11) is 0. The smallest absolute Gasteiger partial charge is 0.0295 e. The van der Waals surface area contributed by atoms with Crippen LogP contribution >= 0.6 is 0 Å². The molecule has 2 nitrogen and oxygen atoms in total. The highest BCUT2D eigenvalue weighted by Crippen LogP contribution is 2.43. The molecule has 3 N–H and O–H groups in total. The Morgan fingerprint density at radius 1 is 1.29 bits per heavy atom. The predicted octanol–water partition coefficient (Wildman–Crippen LogP) is 2.86. The number of rotatable bonds is 7. The second-order valence-corrected chi connectivity index (χ2v) is 5.65. The average molecular weight is 232 g/mol. The summed E-state index contributed by atoms with van der Waals surface area (Å²) in [5.41, 5.74) is 8.01. The Morgan fingerprint density at radius 2 is 2.00 bits per heavy atom. The van der Waals surface area contributed by atoms with Crippen molar-refractivity contribution in [2.75, 3.05) is 13.1 Å². The van der Waals surface area contributed by atoms with Gasteiger partial charge in [-0.25, -0.2) is 0 Å². The predicted molar refractivity (Wildman–Crippen MR) is 72.8 cm³/mol. The summed E-state index contributed by atoms with van der Waals surface area (Å²) in [5, 5.41) is 3.54. The van der Waals surface area contributed by atoms with Crippen molar-refractivity contribution in [3.8, 4) is 0 Å². The van der Waals surface area contributed by atoms with E-state index in [1.807, 2.05) is 6.07 Å². The Hall–Kier alpha value is -0.860. The van der Waals surface area contributed by atoms with Crippen LogP contribution in [-0.2, 0) is 0 Å². The van der Waals surface area contributed by atoms with Gasteiger partial charge in [-0.2, -0.15) is 0 Å². The van der Waals surface area contributed by atoms with Crippen LogP contribution in [0.4, 0.5) is 0 Å². The van der Waals surface area contributed by atoms with Gasteiger partial charge in [-0.15, -0.1) is 0 Å². The molecule has 1 atom stereocenters. The van der Waals surface area contributed by atoms with E-state index in [0.717, 1.165) is 19.4 Å². The van der Waals surface area contributed by atoms with E-state index in [1.54, 1.807) is 0 Å². The van der Waals surface area contributed by atoms with Gasteiger partial charge in [-0.3, -0.25) is 0 Å². The van der Waals surface area contributed by atoms with E-state index in [2.05, 4.69) is 36.5 Å². The molecule has 94 valence electrons. The molecular weight excluding hydrogens is 208 g/mol. The molecule has 0 aliphatic heterocycles. The molecule has 1 saturated carbocycles. The molecule has 1 unspecified atom stereocenters. The van der Waals surface area contributed by atoms with Crippen LogP contribution in [0.15, 0.2) is 30.3 Å². The van der Waals surface area contributed by atoms with Crippen molar-refractivity contribution in [2.45, 2.75) is 38.6 Å². The second kappa shape index (κ2) is 5.65. The van der Waals surface area contributed by atoms with Crippen molar-refractivity contribution in [3.05, 3.63) is 35.9 Å². The molecule has 0 spiro atoms. The highest BCUT2D eigenvalue weighted by Gasteiger charge is 2.36. The molecule has 1 aromatic rings. The quantitative estimate of drug-likeness (QED) is 0.709. The fourth-order valence-electron chi connectivity index (χ4n) is 2.09. The number of hydrogen-bond acceptors (Lipinski definition) is 2. The maximum Gasteiger partial charge on any atom is 0.0295 e. The van der Waals surface area contributed by atoms with E-state index >= 15 is 0 Å². The lowest BCUT2D eigenvalue weighted by Gasteiger charge is -2.13. The molecule has 0 saturated heterocycles. The zero-order valence-corrected chi connectivity index (χ0v) is 10.8. The topological polar surface area (TPSA) is 38.0 Å². The van der Waals surface area contributed by atoms with Crippen molar-refractivity contribution in [2.24, 2.45) is 11.1 Å². The molecule has 0 bridgehead atoms. The molecular formula is C15H24N2. The minimum absolute atomic E-state index is 0.189. The summed E-state index contributed by atoms with van der Waals surface area (Å²) in [6, 6.07) is 10.6. The van der Waals surface area contributed by atoms with Crippen LogP contribution in [0.3, 0.4) is 0 Å². The third-order valence-corrected chi connectivity index (χ3v) is 3.75. The minimum Gasteiger partial charge on any atom is -0.324 e. The SMILES string of the molecule is CC1(CNCCCC(N)c2ccccc2)CC1. The lowest BCUT2D eigenvalue weighted by molar-refractivity contribution is 0.481. The summed E-state index contributed by atoms with van der Waals surface area (Å²) in [6.45, 7) is 4.62. The Kier molecular flexibility index (Phi) is 4.19. The maximum absolute atomic E-state index is 6.15. The molecule has 0 amide bonds. The van der Waals surface area contributed by atoms with Crippen molar-refractivity contribution in [1.82, 2.24) is 5.32 Å². The van der Waals surface area contributed by atoms with Crippen molar-refractivity contribution >= 4 is 0 Å². The van der Waals surface area contributed by atoms with Gasteiger partial charge in [-0.1, -0.05) is 37.3 Å². The van der Waals surface area contributed by atoms with Gasteiger partial charge in [0.2, 0.25) is 0 Å². The molecule has 1 fully saturated rings. The summed E-state index contributed by atoms with van der Waals surface area (Å²) in [6.07, 6.45) is 5.01. The van der Waals surface area contributed by atoms with E-state index in [9.17, 15) is 0 Å². The molecule has 0 radical (unpaired) electrons. The first-order chi connectivity index (χ1) is 8.20. The van der Waals surface area contributed by atoms with Crippen LogP contribution < -0.4 is 11.1 Å². The van der Waals surface area contributed by atoms with Gasteiger partial charge in [0.05, 0.1) is 0 Å². The molecule has 0 aromatic heterocycles. The molecule has 1 aliphatic carbocycles. The first kappa shape index (κ1) is 12.6. The number of benzene rings is 1. The van der Waals surface area contributed by atoms with Gasteiger partial charge < -0.3 is 11.1 Å². The first-order valence-electron chi connectivity index (χ1n) is 6.71. The minimum atomic E-state index is 0.189. The monoisotopic (exact) mass is 232 g/mol. The molecule has 2 rings (SSSR count). The molecule has 2 heteroatoms. The molecule has 0 heterocycles. The molecule has 1 aromatic carbocycles. The highest BCUT2D eigenvalue weighted by molar-refractivity contribution is 5.18. The van der Waals surface area contributed by atoms with Gasteiger partial charge in [0, 0.05) is 12.6 Å². The number of nitrogens with two attached hydrogens (primary N) is 1. The van der Waals surface area contributed by atoms with Gasteiger partial charge in [0.15, 0.2) is 0 Å². The van der Waals surface area contributed by atoms with E-state index in [4.69, 9.17) is 5.73 Å². The van der Waals surface area contributed by atoms with Crippen molar-refractivity contribution in [1.29, 1.82) is 0 Å². The van der Waals surface area contributed by atoms with E-state index in [1.165, 1.54) is 24.9 Å². The summed E-state index contributed by atoms with van der Waals surface area (Å²) >= 11 is 0. The third kappa shape index (κ3) is 4.14. The van der Waals surface area contributed by atoms with Crippen LogP contribution in [0.5, 0.6) is 0 Å². The van der Waals surface area contributed by atoms with Gasteiger partial charge in [0.25, 0.3) is 0 Å².